The first kappa shape index (κ1) is 25.6. The summed E-state index contributed by atoms with van der Waals surface area (Å²) >= 11 is 0. The molecule has 1 aliphatic rings. The summed E-state index contributed by atoms with van der Waals surface area (Å²) in [5.41, 5.74) is 2.48. The van der Waals surface area contributed by atoms with Gasteiger partial charge in [-0.15, -0.1) is 0 Å². The predicted molar refractivity (Wildman–Crippen MR) is 142 cm³/mol. The van der Waals surface area contributed by atoms with E-state index in [1.54, 1.807) is 18.2 Å². The van der Waals surface area contributed by atoms with Crippen molar-refractivity contribution in [1.29, 1.82) is 5.26 Å². The first-order valence-electron chi connectivity index (χ1n) is 12.8. The first-order valence-corrected chi connectivity index (χ1v) is 12.8. The molecule has 6 nitrogen and oxygen atoms in total. The quantitative estimate of drug-likeness (QED) is 0.230. The minimum absolute atomic E-state index is 0.0207. The Labute approximate surface area is 228 Å². The number of nitrogens with zero attached hydrogens (tertiary/aromatic N) is 4. The Bertz CT molecular complexity index is 1760. The summed E-state index contributed by atoms with van der Waals surface area (Å²) in [6.45, 7) is 1.18. The van der Waals surface area contributed by atoms with Crippen LogP contribution in [0.2, 0.25) is 0 Å². The summed E-state index contributed by atoms with van der Waals surface area (Å²) in [4.78, 5) is 8.98. The highest BCUT2D eigenvalue weighted by Gasteiger charge is 2.23. The van der Waals surface area contributed by atoms with E-state index in [0.717, 1.165) is 36.2 Å². The molecule has 0 N–H and O–H groups in total. The van der Waals surface area contributed by atoms with Crippen molar-refractivity contribution >= 4 is 11.0 Å². The molecule has 1 atom stereocenters. The lowest BCUT2D eigenvalue weighted by Gasteiger charge is -2.27. The fourth-order valence-corrected chi connectivity index (χ4v) is 4.72. The molecule has 0 radical (unpaired) electrons. The molecule has 40 heavy (non-hydrogen) atoms. The molecule has 5 aromatic rings. The van der Waals surface area contributed by atoms with Gasteiger partial charge in [-0.1, -0.05) is 24.3 Å². The average Bonchev–Trinajstić information content (AvgIpc) is 3.28. The fraction of sp³-hybridized carbons (Fsp3) is 0.194. The Kier molecular flexibility index (Phi) is 6.93. The molecule has 0 amide bonds. The van der Waals surface area contributed by atoms with Crippen LogP contribution in [0.25, 0.3) is 22.3 Å². The van der Waals surface area contributed by atoms with Crippen molar-refractivity contribution in [2.75, 3.05) is 6.61 Å². The van der Waals surface area contributed by atoms with E-state index in [4.69, 9.17) is 19.7 Å². The number of fused-ring (bicyclic) bond motifs is 1. The summed E-state index contributed by atoms with van der Waals surface area (Å²) in [5, 5.41) is 8.89. The van der Waals surface area contributed by atoms with Crippen LogP contribution in [0.15, 0.2) is 72.8 Å². The molecule has 200 valence electrons. The zero-order valence-electron chi connectivity index (χ0n) is 21.3. The highest BCUT2D eigenvalue weighted by atomic mass is 19.1. The number of benzene rings is 3. The van der Waals surface area contributed by atoms with Gasteiger partial charge in [-0.05, 0) is 54.4 Å². The summed E-state index contributed by atoms with van der Waals surface area (Å²) in [5.74, 6) is -1.04. The van der Waals surface area contributed by atoms with Crippen molar-refractivity contribution in [3.63, 3.8) is 0 Å². The molecule has 0 unspecified atom stereocenters. The maximum Gasteiger partial charge on any atom is 0.214 e. The lowest BCUT2D eigenvalue weighted by molar-refractivity contribution is -0.0589. The van der Waals surface area contributed by atoms with Crippen LogP contribution in [-0.2, 0) is 24.3 Å². The SMILES string of the molecule is N#Cc1ccc(COc2cccc(-c3cc(F)c(Cc4nc5ccccc5n4C[C@@H]4CCO4)cc3F)n2)c(F)c1. The largest absolute Gasteiger partial charge is 0.473 e. The summed E-state index contributed by atoms with van der Waals surface area (Å²) in [7, 11) is 0. The van der Waals surface area contributed by atoms with Gasteiger partial charge in [0.15, 0.2) is 0 Å². The number of halogens is 3. The number of rotatable bonds is 8. The normalized spacial score (nSPS) is 14.6. The van der Waals surface area contributed by atoms with Crippen LogP contribution in [0.1, 0.15) is 28.9 Å². The fourth-order valence-electron chi connectivity index (χ4n) is 4.72. The number of imidazole rings is 1. The van der Waals surface area contributed by atoms with Crippen molar-refractivity contribution in [3.8, 4) is 23.2 Å². The standard InChI is InChI=1S/C31H23F3N4O2/c32-24-12-19(16-35)8-9-20(24)18-40-31-7-3-5-27(37-31)23-15-25(33)21(13-26(23)34)14-30-36-28-4-1-2-6-29(28)38(30)17-22-10-11-39-22/h1-9,12-13,15,22H,10-11,14,17-18H2/t22-/m0/s1. The third-order valence-electron chi connectivity index (χ3n) is 6.96. The van der Waals surface area contributed by atoms with Crippen LogP contribution in [0, 0.1) is 28.8 Å². The van der Waals surface area contributed by atoms with Crippen LogP contribution in [0.5, 0.6) is 5.88 Å². The molecule has 9 heteroatoms. The number of hydrogen-bond donors (Lipinski definition) is 0. The molecule has 0 aliphatic carbocycles. The molecule has 3 heterocycles. The van der Waals surface area contributed by atoms with Gasteiger partial charge in [0.1, 0.15) is 29.9 Å². The first-order chi connectivity index (χ1) is 19.5. The average molecular weight is 541 g/mol. The summed E-state index contributed by atoms with van der Waals surface area (Å²) in [6.07, 6.45) is 1.13. The summed E-state index contributed by atoms with van der Waals surface area (Å²) in [6, 6.07) is 20.6. The number of pyridine rings is 1. The van der Waals surface area contributed by atoms with Gasteiger partial charge in [-0.25, -0.2) is 23.1 Å². The number of nitriles is 1. The predicted octanol–water partition coefficient (Wildman–Crippen LogP) is 6.35. The van der Waals surface area contributed by atoms with Gasteiger partial charge in [-0.3, -0.25) is 0 Å². The van der Waals surface area contributed by atoms with Crippen molar-refractivity contribution in [2.45, 2.75) is 32.1 Å². The van der Waals surface area contributed by atoms with Gasteiger partial charge in [0.2, 0.25) is 5.88 Å². The lowest BCUT2D eigenvalue weighted by Crippen LogP contribution is -2.31. The van der Waals surface area contributed by atoms with E-state index >= 15 is 8.78 Å². The molecule has 0 spiro atoms. The molecule has 1 fully saturated rings. The van der Waals surface area contributed by atoms with Crippen LogP contribution in [-0.4, -0.2) is 27.2 Å². The van der Waals surface area contributed by atoms with Gasteiger partial charge in [0.25, 0.3) is 0 Å². The topological polar surface area (TPSA) is 73.0 Å². The number of aromatic nitrogens is 3. The van der Waals surface area contributed by atoms with Crippen LogP contribution in [0.3, 0.4) is 0 Å². The molecule has 1 aliphatic heterocycles. The van der Waals surface area contributed by atoms with E-state index in [-0.39, 0.29) is 53.0 Å². The Morgan fingerprint density at radius 3 is 2.52 bits per heavy atom. The van der Waals surface area contributed by atoms with Crippen LogP contribution < -0.4 is 4.74 Å². The Morgan fingerprint density at radius 1 is 0.925 bits per heavy atom. The highest BCUT2D eigenvalue weighted by Crippen LogP contribution is 2.29. The van der Waals surface area contributed by atoms with E-state index in [1.165, 1.54) is 18.2 Å². The van der Waals surface area contributed by atoms with E-state index < -0.39 is 17.5 Å². The minimum atomic E-state index is -0.635. The maximum absolute atomic E-state index is 15.4. The number of para-hydroxylation sites is 2. The van der Waals surface area contributed by atoms with Crippen molar-refractivity contribution in [2.24, 2.45) is 0 Å². The number of ether oxygens (including phenoxy) is 2. The molecule has 3 aromatic carbocycles. The monoisotopic (exact) mass is 540 g/mol. The minimum Gasteiger partial charge on any atom is -0.473 e. The molecule has 2 aromatic heterocycles. The molecular weight excluding hydrogens is 517 g/mol. The second kappa shape index (κ2) is 10.8. The van der Waals surface area contributed by atoms with Crippen molar-refractivity contribution in [3.05, 3.63) is 113 Å². The second-order valence-electron chi connectivity index (χ2n) is 9.58. The molecular formula is C31H23F3N4O2. The van der Waals surface area contributed by atoms with Gasteiger partial charge in [0, 0.05) is 30.2 Å². The highest BCUT2D eigenvalue weighted by molar-refractivity contribution is 5.76. The molecule has 0 bridgehead atoms. The Hall–Kier alpha value is -4.68. The van der Waals surface area contributed by atoms with Crippen molar-refractivity contribution < 1.29 is 22.6 Å². The van der Waals surface area contributed by atoms with Crippen molar-refractivity contribution in [1.82, 2.24) is 14.5 Å². The van der Waals surface area contributed by atoms with Gasteiger partial charge in [0.05, 0.1) is 41.0 Å². The third-order valence-corrected chi connectivity index (χ3v) is 6.96. The Morgan fingerprint density at radius 2 is 1.75 bits per heavy atom. The molecule has 6 rings (SSSR count). The second-order valence-corrected chi connectivity index (χ2v) is 9.58. The zero-order valence-corrected chi connectivity index (χ0v) is 21.3. The third kappa shape index (κ3) is 5.14. The smallest absolute Gasteiger partial charge is 0.214 e. The van der Waals surface area contributed by atoms with E-state index in [2.05, 4.69) is 4.98 Å². The summed E-state index contributed by atoms with van der Waals surface area (Å²) < 4.78 is 58.1. The molecule has 0 saturated carbocycles. The van der Waals surface area contributed by atoms with E-state index in [9.17, 15) is 4.39 Å². The lowest BCUT2D eigenvalue weighted by atomic mass is 10.0. The van der Waals surface area contributed by atoms with Gasteiger partial charge in [-0.2, -0.15) is 5.26 Å². The zero-order chi connectivity index (χ0) is 27.6. The van der Waals surface area contributed by atoms with Crippen LogP contribution >= 0.6 is 0 Å². The van der Waals surface area contributed by atoms with E-state index in [1.807, 2.05) is 34.9 Å². The number of hydrogen-bond acceptors (Lipinski definition) is 5. The maximum atomic E-state index is 15.4. The van der Waals surface area contributed by atoms with Gasteiger partial charge >= 0.3 is 0 Å². The van der Waals surface area contributed by atoms with Crippen LogP contribution in [0.4, 0.5) is 13.2 Å². The van der Waals surface area contributed by atoms with E-state index in [0.29, 0.717) is 12.4 Å². The Balaban J connectivity index is 1.24. The van der Waals surface area contributed by atoms with Gasteiger partial charge < -0.3 is 14.0 Å². The molecule has 1 saturated heterocycles.